The molecule has 4 N–H and O–H groups in total. The van der Waals surface area contributed by atoms with E-state index in [9.17, 15) is 29.1 Å². The van der Waals surface area contributed by atoms with E-state index in [1.54, 1.807) is 20.8 Å². The first-order valence-corrected chi connectivity index (χ1v) is 10.8. The largest absolute Gasteiger partial charge is 0.390 e. The fourth-order valence-corrected chi connectivity index (χ4v) is 3.12. The van der Waals surface area contributed by atoms with Gasteiger partial charge in [-0.2, -0.15) is 0 Å². The summed E-state index contributed by atoms with van der Waals surface area (Å²) in [6.45, 7) is 11.9. The number of nitrogens with one attached hydrogen (secondary N) is 3. The number of hydrogen-bond acceptors (Lipinski definition) is 6. The molecule has 0 rings (SSSR count). The molecule has 5 amide bonds. The van der Waals surface area contributed by atoms with E-state index in [2.05, 4.69) is 22.5 Å². The van der Waals surface area contributed by atoms with Crippen LogP contribution >= 0.6 is 0 Å². The SMILES string of the molecule is C=C(C(=O)N(C)[C@@H](CC(C)(C)O)C(=O)NC(C(=O)NC)C(C)C)N(C)C(=O)[C@H](CC)NC=O. The molecule has 3 atom stereocenters. The van der Waals surface area contributed by atoms with Gasteiger partial charge in [0.2, 0.25) is 24.1 Å². The number of nitrogens with zero attached hydrogens (tertiary/aromatic N) is 2. The first-order chi connectivity index (χ1) is 15.1. The van der Waals surface area contributed by atoms with Crippen molar-refractivity contribution in [1.82, 2.24) is 25.8 Å². The van der Waals surface area contributed by atoms with Crippen molar-refractivity contribution in [3.63, 3.8) is 0 Å². The summed E-state index contributed by atoms with van der Waals surface area (Å²) in [4.78, 5) is 63.8. The lowest BCUT2D eigenvalue weighted by atomic mass is 9.96. The minimum absolute atomic E-state index is 0.130. The minimum Gasteiger partial charge on any atom is -0.390 e. The van der Waals surface area contributed by atoms with E-state index < -0.39 is 47.4 Å². The van der Waals surface area contributed by atoms with Crippen molar-refractivity contribution in [3.05, 3.63) is 12.3 Å². The number of aliphatic hydroxyl groups is 1. The third-order valence-corrected chi connectivity index (χ3v) is 5.23. The summed E-state index contributed by atoms with van der Waals surface area (Å²) in [7, 11) is 4.15. The van der Waals surface area contributed by atoms with E-state index in [-0.39, 0.29) is 18.0 Å². The minimum atomic E-state index is -1.32. The lowest BCUT2D eigenvalue weighted by Crippen LogP contribution is -2.57. The average Bonchev–Trinajstić information content (AvgIpc) is 2.75. The Bertz CT molecular complexity index is 746. The summed E-state index contributed by atoms with van der Waals surface area (Å²) in [6.07, 6.45) is 0.575. The molecule has 11 heteroatoms. The van der Waals surface area contributed by atoms with Crippen LogP contribution in [-0.2, 0) is 24.0 Å². The molecular formula is C22H39N5O6. The smallest absolute Gasteiger partial charge is 0.270 e. The summed E-state index contributed by atoms with van der Waals surface area (Å²) < 4.78 is 0. The third-order valence-electron chi connectivity index (χ3n) is 5.23. The van der Waals surface area contributed by atoms with Gasteiger partial charge in [-0.3, -0.25) is 24.0 Å². The van der Waals surface area contributed by atoms with Gasteiger partial charge in [-0.15, -0.1) is 0 Å². The molecule has 0 fully saturated rings. The van der Waals surface area contributed by atoms with Crippen molar-refractivity contribution in [3.8, 4) is 0 Å². The molecule has 1 unspecified atom stereocenters. The van der Waals surface area contributed by atoms with Crippen LogP contribution in [0.5, 0.6) is 0 Å². The molecule has 0 saturated carbocycles. The van der Waals surface area contributed by atoms with Gasteiger partial charge in [0.25, 0.3) is 5.91 Å². The van der Waals surface area contributed by atoms with Gasteiger partial charge in [-0.25, -0.2) is 0 Å². The molecule has 0 aliphatic rings. The summed E-state index contributed by atoms with van der Waals surface area (Å²) in [5.74, 6) is -2.52. The molecule has 0 spiro atoms. The van der Waals surface area contributed by atoms with Crippen LogP contribution in [-0.4, -0.2) is 89.8 Å². The molecule has 0 aromatic carbocycles. The Kier molecular flexibility index (Phi) is 11.8. The number of hydrogen-bond donors (Lipinski definition) is 4. The molecule has 33 heavy (non-hydrogen) atoms. The third kappa shape index (κ3) is 8.83. The van der Waals surface area contributed by atoms with Crippen molar-refractivity contribution in [2.75, 3.05) is 21.1 Å². The lowest BCUT2D eigenvalue weighted by molar-refractivity contribution is -0.142. The van der Waals surface area contributed by atoms with Gasteiger partial charge in [0.1, 0.15) is 23.8 Å². The Morgan fingerprint density at radius 3 is 2.06 bits per heavy atom. The molecule has 0 aliphatic heterocycles. The molecule has 0 aromatic rings. The van der Waals surface area contributed by atoms with E-state index in [1.165, 1.54) is 35.0 Å². The molecule has 11 nitrogen and oxygen atoms in total. The molecule has 0 saturated heterocycles. The maximum Gasteiger partial charge on any atom is 0.270 e. The van der Waals surface area contributed by atoms with Crippen molar-refractivity contribution < 1.29 is 29.1 Å². The standard InChI is InChI=1S/C22H39N5O6/c1-10-15(24-12-28)21(32)26(8)14(4)20(31)27(9)16(11-22(5,6)33)18(29)25-17(13(2)3)19(30)23-7/h12-13,15-17,33H,4,10-11H2,1-3,5-9H3,(H,23,30)(H,24,28)(H,25,29)/t15-,16-,17?/m0/s1. The normalized spacial score (nSPS) is 13.9. The van der Waals surface area contributed by atoms with E-state index in [0.717, 1.165) is 9.80 Å². The fourth-order valence-electron chi connectivity index (χ4n) is 3.12. The number of carbonyl (C=O) groups excluding carboxylic acids is 5. The molecule has 0 aromatic heterocycles. The van der Waals surface area contributed by atoms with Crippen LogP contribution in [0.4, 0.5) is 0 Å². The zero-order chi connectivity index (χ0) is 26.1. The summed E-state index contributed by atoms with van der Waals surface area (Å²) >= 11 is 0. The molecule has 0 bridgehead atoms. The summed E-state index contributed by atoms with van der Waals surface area (Å²) in [5, 5.41) is 17.9. The van der Waals surface area contributed by atoms with E-state index in [0.29, 0.717) is 12.8 Å². The lowest BCUT2D eigenvalue weighted by Gasteiger charge is -2.34. The zero-order valence-electron chi connectivity index (χ0n) is 20.9. The van der Waals surface area contributed by atoms with Crippen LogP contribution in [0.15, 0.2) is 12.3 Å². The molecule has 188 valence electrons. The van der Waals surface area contributed by atoms with Crippen LogP contribution in [0.1, 0.15) is 47.5 Å². The van der Waals surface area contributed by atoms with Crippen LogP contribution in [0.2, 0.25) is 0 Å². The number of carbonyl (C=O) groups is 5. The van der Waals surface area contributed by atoms with Gasteiger partial charge in [0.15, 0.2) is 0 Å². The highest BCUT2D eigenvalue weighted by atomic mass is 16.3. The van der Waals surface area contributed by atoms with E-state index in [1.807, 2.05) is 0 Å². The zero-order valence-corrected chi connectivity index (χ0v) is 20.9. The molecule has 0 heterocycles. The topological polar surface area (TPSA) is 148 Å². The average molecular weight is 470 g/mol. The van der Waals surface area contributed by atoms with Crippen molar-refractivity contribution in [1.29, 1.82) is 0 Å². The van der Waals surface area contributed by atoms with E-state index in [4.69, 9.17) is 0 Å². The van der Waals surface area contributed by atoms with E-state index >= 15 is 0 Å². The first kappa shape index (κ1) is 30.0. The second kappa shape index (κ2) is 12.9. The van der Waals surface area contributed by atoms with Gasteiger partial charge in [0, 0.05) is 27.6 Å². The number of rotatable bonds is 13. The second-order valence-electron chi connectivity index (χ2n) is 8.88. The van der Waals surface area contributed by atoms with Crippen LogP contribution in [0.3, 0.4) is 0 Å². The summed E-state index contributed by atoms with van der Waals surface area (Å²) in [5.41, 5.74) is -1.53. The highest BCUT2D eigenvalue weighted by Gasteiger charge is 2.36. The maximum absolute atomic E-state index is 13.1. The Morgan fingerprint density at radius 2 is 1.67 bits per heavy atom. The molecular weight excluding hydrogens is 430 g/mol. The van der Waals surface area contributed by atoms with Gasteiger partial charge in [0.05, 0.1) is 5.60 Å². The van der Waals surface area contributed by atoms with Crippen LogP contribution < -0.4 is 16.0 Å². The monoisotopic (exact) mass is 469 g/mol. The van der Waals surface area contributed by atoms with Gasteiger partial charge < -0.3 is 30.9 Å². The first-order valence-electron chi connectivity index (χ1n) is 10.8. The Balaban J connectivity index is 5.83. The summed E-state index contributed by atoms with van der Waals surface area (Å²) in [6, 6.07) is -2.83. The Labute approximate surface area is 195 Å². The fraction of sp³-hybridized carbons (Fsp3) is 0.682. The maximum atomic E-state index is 13.1. The van der Waals surface area contributed by atoms with Gasteiger partial charge in [-0.1, -0.05) is 27.4 Å². The van der Waals surface area contributed by atoms with Crippen molar-refractivity contribution in [2.45, 2.75) is 71.2 Å². The molecule has 0 aliphatic carbocycles. The van der Waals surface area contributed by atoms with Crippen molar-refractivity contribution in [2.24, 2.45) is 5.92 Å². The quantitative estimate of drug-likeness (QED) is 0.208. The number of amides is 5. The van der Waals surface area contributed by atoms with Crippen LogP contribution in [0, 0.1) is 5.92 Å². The highest BCUT2D eigenvalue weighted by molar-refractivity contribution is 6.00. The highest BCUT2D eigenvalue weighted by Crippen LogP contribution is 2.18. The molecule has 0 radical (unpaired) electrons. The van der Waals surface area contributed by atoms with Gasteiger partial charge in [-0.05, 0) is 26.2 Å². The Hall–Kier alpha value is -2.95. The van der Waals surface area contributed by atoms with Crippen LogP contribution in [0.25, 0.3) is 0 Å². The predicted octanol–water partition coefficient (Wildman–Crippen LogP) is -0.642. The second-order valence-corrected chi connectivity index (χ2v) is 8.88. The predicted molar refractivity (Wildman–Crippen MR) is 123 cm³/mol. The van der Waals surface area contributed by atoms with Crippen molar-refractivity contribution >= 4 is 30.0 Å². The number of likely N-dealkylation sites (N-methyl/N-ethyl adjacent to an activating group) is 3. The van der Waals surface area contributed by atoms with Gasteiger partial charge >= 0.3 is 0 Å². The Morgan fingerprint density at radius 1 is 1.12 bits per heavy atom.